The fourth-order valence-electron chi connectivity index (χ4n) is 4.51. The lowest BCUT2D eigenvalue weighted by Gasteiger charge is -2.33. The third-order valence-corrected chi connectivity index (χ3v) is 6.05. The number of nitrogens with zero attached hydrogens (tertiary/aromatic N) is 2. The zero-order valence-electron chi connectivity index (χ0n) is 16.5. The van der Waals surface area contributed by atoms with Gasteiger partial charge in [0.2, 0.25) is 0 Å². The zero-order valence-corrected chi connectivity index (χ0v) is 16.5. The second kappa shape index (κ2) is 7.90. The molecule has 2 heterocycles. The summed E-state index contributed by atoms with van der Waals surface area (Å²) in [5.74, 6) is -0.104. The van der Waals surface area contributed by atoms with E-state index >= 15 is 0 Å². The number of aryl methyl sites for hydroxylation is 2. The lowest BCUT2D eigenvalue weighted by molar-refractivity contribution is 0.0909. The van der Waals surface area contributed by atoms with Crippen LogP contribution in [0.25, 0.3) is 0 Å². The van der Waals surface area contributed by atoms with E-state index in [0.29, 0.717) is 34.3 Å². The van der Waals surface area contributed by atoms with Crippen molar-refractivity contribution >= 4 is 5.91 Å². The Bertz CT molecular complexity index is 986. The number of hydrogen-bond donors (Lipinski definition) is 3. The van der Waals surface area contributed by atoms with Crippen LogP contribution in [0.2, 0.25) is 0 Å². The maximum Gasteiger partial charge on any atom is 0.270 e. The largest absolute Gasteiger partial charge is 0.348 e. The molecule has 1 saturated carbocycles. The number of rotatable bonds is 3. The highest BCUT2D eigenvalue weighted by atomic mass is 19.1. The number of pyridine rings is 1. The van der Waals surface area contributed by atoms with E-state index in [0.717, 1.165) is 24.8 Å². The summed E-state index contributed by atoms with van der Waals surface area (Å²) < 4.78 is 13.7. The molecule has 2 aliphatic rings. The third kappa shape index (κ3) is 3.86. The van der Waals surface area contributed by atoms with Crippen LogP contribution in [0.15, 0.2) is 30.5 Å². The fraction of sp³-hybridized carbons (Fsp3) is 0.409. The van der Waals surface area contributed by atoms with E-state index in [4.69, 9.17) is 5.26 Å². The highest BCUT2D eigenvalue weighted by Gasteiger charge is 2.41. The number of nitriles is 1. The van der Waals surface area contributed by atoms with Crippen molar-refractivity contribution < 1.29 is 9.18 Å². The van der Waals surface area contributed by atoms with Crippen LogP contribution in [0.1, 0.15) is 58.0 Å². The SMILES string of the molecule is Cc1cc(C2NNC3CCC(NC(=O)c4ncc(C#N)cc4C)CC32)ccc1F. The van der Waals surface area contributed by atoms with Crippen LogP contribution in [0.5, 0.6) is 0 Å². The summed E-state index contributed by atoms with van der Waals surface area (Å²) in [5.41, 5.74) is 9.92. The minimum atomic E-state index is -0.205. The molecule has 0 spiro atoms. The number of benzene rings is 1. The molecule has 150 valence electrons. The molecule has 1 amide bonds. The first-order valence-electron chi connectivity index (χ1n) is 9.91. The van der Waals surface area contributed by atoms with Crippen LogP contribution in [0.4, 0.5) is 4.39 Å². The van der Waals surface area contributed by atoms with Crippen molar-refractivity contribution in [3.8, 4) is 6.07 Å². The van der Waals surface area contributed by atoms with Gasteiger partial charge in [-0.3, -0.25) is 10.2 Å². The summed E-state index contributed by atoms with van der Waals surface area (Å²) in [6.07, 6.45) is 4.08. The van der Waals surface area contributed by atoms with E-state index in [2.05, 4.69) is 21.2 Å². The van der Waals surface area contributed by atoms with Crippen LogP contribution in [0.3, 0.4) is 0 Å². The number of amides is 1. The monoisotopic (exact) mass is 393 g/mol. The number of carbonyl (C=O) groups is 1. The molecule has 1 aromatic carbocycles. The van der Waals surface area contributed by atoms with Gasteiger partial charge in [-0.25, -0.2) is 14.8 Å². The van der Waals surface area contributed by atoms with E-state index in [9.17, 15) is 9.18 Å². The predicted molar refractivity (Wildman–Crippen MR) is 106 cm³/mol. The highest BCUT2D eigenvalue weighted by molar-refractivity contribution is 5.93. The minimum absolute atomic E-state index is 0.0475. The molecule has 3 N–H and O–H groups in total. The second-order valence-electron chi connectivity index (χ2n) is 8.03. The first-order valence-corrected chi connectivity index (χ1v) is 9.91. The van der Waals surface area contributed by atoms with E-state index < -0.39 is 0 Å². The maximum absolute atomic E-state index is 13.7. The normalized spacial score (nSPS) is 25.9. The Labute approximate surface area is 169 Å². The lowest BCUT2D eigenvalue weighted by Crippen LogP contribution is -2.44. The summed E-state index contributed by atoms with van der Waals surface area (Å²) >= 11 is 0. The van der Waals surface area contributed by atoms with Gasteiger partial charge in [-0.05, 0) is 67.9 Å². The van der Waals surface area contributed by atoms with E-state index in [1.807, 2.05) is 18.2 Å². The fourth-order valence-corrected chi connectivity index (χ4v) is 4.51. The molecule has 7 heteroatoms. The molecular formula is C22H24FN5O. The molecule has 1 aliphatic carbocycles. The summed E-state index contributed by atoms with van der Waals surface area (Å²) in [5, 5.41) is 12.1. The smallest absolute Gasteiger partial charge is 0.270 e. The molecule has 6 nitrogen and oxygen atoms in total. The first-order chi connectivity index (χ1) is 14.0. The van der Waals surface area contributed by atoms with Crippen molar-refractivity contribution in [3.63, 3.8) is 0 Å². The molecular weight excluding hydrogens is 369 g/mol. The second-order valence-corrected chi connectivity index (χ2v) is 8.03. The molecule has 0 bridgehead atoms. The van der Waals surface area contributed by atoms with Gasteiger partial charge in [0.1, 0.15) is 17.6 Å². The van der Waals surface area contributed by atoms with Crippen molar-refractivity contribution in [1.29, 1.82) is 5.26 Å². The maximum atomic E-state index is 13.7. The Morgan fingerprint density at radius 1 is 1.24 bits per heavy atom. The summed E-state index contributed by atoms with van der Waals surface area (Å²) in [4.78, 5) is 16.9. The van der Waals surface area contributed by atoms with E-state index in [-0.39, 0.29) is 23.8 Å². The molecule has 4 unspecified atom stereocenters. The lowest BCUT2D eigenvalue weighted by atomic mass is 9.77. The van der Waals surface area contributed by atoms with Gasteiger partial charge in [-0.1, -0.05) is 12.1 Å². The average molecular weight is 393 g/mol. The van der Waals surface area contributed by atoms with Crippen LogP contribution >= 0.6 is 0 Å². The Balaban J connectivity index is 1.46. The van der Waals surface area contributed by atoms with Crippen LogP contribution in [-0.2, 0) is 0 Å². The van der Waals surface area contributed by atoms with Gasteiger partial charge in [0.05, 0.1) is 11.6 Å². The van der Waals surface area contributed by atoms with Crippen LogP contribution in [-0.4, -0.2) is 23.0 Å². The van der Waals surface area contributed by atoms with Crippen LogP contribution < -0.4 is 16.2 Å². The Kier molecular flexibility index (Phi) is 5.31. The van der Waals surface area contributed by atoms with Gasteiger partial charge < -0.3 is 5.32 Å². The number of halogens is 1. The molecule has 0 radical (unpaired) electrons. The molecule has 29 heavy (non-hydrogen) atoms. The van der Waals surface area contributed by atoms with Crippen molar-refractivity contribution in [1.82, 2.24) is 21.2 Å². The summed E-state index contributed by atoms with van der Waals surface area (Å²) in [6, 6.07) is 9.40. The summed E-state index contributed by atoms with van der Waals surface area (Å²) in [6.45, 7) is 3.56. The van der Waals surface area contributed by atoms with Crippen LogP contribution in [0, 0.1) is 36.9 Å². The van der Waals surface area contributed by atoms with E-state index in [1.165, 1.54) is 12.3 Å². The average Bonchev–Trinajstić information content (AvgIpc) is 3.13. The number of carbonyl (C=O) groups excluding carboxylic acids is 1. The molecule has 1 aliphatic heterocycles. The Hall–Kier alpha value is -2.82. The predicted octanol–water partition coefficient (Wildman–Crippen LogP) is 2.83. The third-order valence-electron chi connectivity index (χ3n) is 6.05. The van der Waals surface area contributed by atoms with Gasteiger partial charge in [0.15, 0.2) is 0 Å². The van der Waals surface area contributed by atoms with Crippen molar-refractivity contribution in [2.75, 3.05) is 0 Å². The number of fused-ring (bicyclic) bond motifs is 1. The zero-order chi connectivity index (χ0) is 20.5. The number of hydrogen-bond acceptors (Lipinski definition) is 5. The van der Waals surface area contributed by atoms with Gasteiger partial charge in [0, 0.05) is 18.3 Å². The molecule has 4 rings (SSSR count). The van der Waals surface area contributed by atoms with Gasteiger partial charge in [-0.15, -0.1) is 0 Å². The molecule has 1 aromatic heterocycles. The molecule has 4 atom stereocenters. The number of aromatic nitrogens is 1. The van der Waals surface area contributed by atoms with Gasteiger partial charge in [0.25, 0.3) is 5.91 Å². The van der Waals surface area contributed by atoms with E-state index in [1.54, 1.807) is 19.9 Å². The number of hydrazine groups is 1. The standard InChI is InChI=1S/C22H24FN5O/c1-12-8-15(3-5-18(12)23)21-17-9-16(4-6-19(17)27-28-21)26-22(29)20-13(2)7-14(10-24)11-25-20/h3,5,7-8,11,16-17,19,21,27-28H,4,6,9H2,1-2H3,(H,26,29). The van der Waals surface area contributed by atoms with Gasteiger partial charge in [-0.2, -0.15) is 5.26 Å². The minimum Gasteiger partial charge on any atom is -0.348 e. The highest BCUT2D eigenvalue weighted by Crippen LogP contribution is 2.38. The Morgan fingerprint density at radius 2 is 2.07 bits per heavy atom. The van der Waals surface area contributed by atoms with Crippen molar-refractivity contribution in [3.05, 3.63) is 64.2 Å². The molecule has 2 fully saturated rings. The van der Waals surface area contributed by atoms with Crippen molar-refractivity contribution in [2.45, 2.75) is 51.2 Å². The quantitative estimate of drug-likeness (QED) is 0.746. The molecule has 2 aromatic rings. The Morgan fingerprint density at radius 3 is 2.79 bits per heavy atom. The van der Waals surface area contributed by atoms with Crippen molar-refractivity contribution in [2.24, 2.45) is 5.92 Å². The topological polar surface area (TPSA) is 89.8 Å². The molecule has 1 saturated heterocycles. The number of nitrogens with one attached hydrogen (secondary N) is 3. The van der Waals surface area contributed by atoms with Gasteiger partial charge >= 0.3 is 0 Å². The first kappa shape index (κ1) is 19.5. The summed E-state index contributed by atoms with van der Waals surface area (Å²) in [7, 11) is 0.